The topological polar surface area (TPSA) is 90.1 Å². The summed E-state index contributed by atoms with van der Waals surface area (Å²) in [6, 6.07) is 2.04. The van der Waals surface area contributed by atoms with Crippen molar-refractivity contribution in [3.05, 3.63) is 48.1 Å². The smallest absolute Gasteiger partial charge is 0.271 e. The number of hydrogen-bond acceptors (Lipinski definition) is 4. The number of nitrogens with one attached hydrogen (secondary N) is 1. The first-order valence-corrected chi connectivity index (χ1v) is 8.32. The number of carbonyl (C=O) groups is 1. The summed E-state index contributed by atoms with van der Waals surface area (Å²) in [5.41, 5.74) is 0.940. The Labute approximate surface area is 153 Å². The lowest BCUT2D eigenvalue weighted by Gasteiger charge is -2.14. The van der Waals surface area contributed by atoms with E-state index >= 15 is 0 Å². The summed E-state index contributed by atoms with van der Waals surface area (Å²) in [5.74, 6) is -0.334. The molecule has 0 spiro atoms. The van der Waals surface area contributed by atoms with Crippen LogP contribution in [0.4, 0.5) is 11.4 Å². The Balaban J connectivity index is 2.24. The average molecular weight is 467 g/mol. The summed E-state index contributed by atoms with van der Waals surface area (Å²) in [6.45, 7) is 3.41. The van der Waals surface area contributed by atoms with Gasteiger partial charge in [-0.15, -0.1) is 0 Å². The number of hydrogen-bond donors (Lipinski definition) is 1. The summed E-state index contributed by atoms with van der Waals surface area (Å²) in [5, 5.41) is 18.2. The zero-order valence-electron chi connectivity index (χ0n) is 12.0. The van der Waals surface area contributed by atoms with Gasteiger partial charge in [-0.25, -0.2) is 0 Å². The number of anilines is 1. The highest BCUT2D eigenvalue weighted by Crippen LogP contribution is 2.35. The number of halogens is 3. The van der Waals surface area contributed by atoms with Crippen molar-refractivity contribution in [2.24, 2.45) is 0 Å². The van der Waals surface area contributed by atoms with Crippen molar-refractivity contribution < 1.29 is 9.72 Å². The molecule has 10 heteroatoms. The molecular weight excluding hydrogens is 455 g/mol. The first-order chi connectivity index (χ1) is 10.7. The second kappa shape index (κ2) is 6.98. The number of non-ortho nitro benzene ring substituents is 1. The van der Waals surface area contributed by atoms with Gasteiger partial charge in [-0.05, 0) is 45.7 Å². The van der Waals surface area contributed by atoms with Gasteiger partial charge in [-0.1, -0.05) is 11.6 Å². The van der Waals surface area contributed by atoms with Crippen molar-refractivity contribution in [2.75, 3.05) is 5.32 Å². The zero-order valence-corrected chi connectivity index (χ0v) is 15.9. The number of carbonyl (C=O) groups excluding carboxylic acids is 1. The SMILES string of the molecule is Cc1nn(C(C)C(=O)Nc2c(Br)cc([N+](=O)[O-])cc2Br)cc1Cl. The van der Waals surface area contributed by atoms with Crippen LogP contribution < -0.4 is 5.32 Å². The van der Waals surface area contributed by atoms with Crippen LogP contribution in [-0.4, -0.2) is 20.6 Å². The Bertz CT molecular complexity index is 751. The second-order valence-corrected chi connectivity index (χ2v) is 6.87. The molecule has 7 nitrogen and oxygen atoms in total. The molecule has 0 fully saturated rings. The molecule has 2 rings (SSSR count). The lowest BCUT2D eigenvalue weighted by molar-refractivity contribution is -0.385. The summed E-state index contributed by atoms with van der Waals surface area (Å²) in [6.07, 6.45) is 1.57. The van der Waals surface area contributed by atoms with E-state index in [9.17, 15) is 14.9 Å². The van der Waals surface area contributed by atoms with E-state index in [4.69, 9.17) is 11.6 Å². The molecule has 0 aliphatic rings. The number of nitrogens with zero attached hydrogens (tertiary/aromatic N) is 3. The minimum Gasteiger partial charge on any atom is -0.322 e. The van der Waals surface area contributed by atoms with Crippen molar-refractivity contribution >= 4 is 60.7 Å². The van der Waals surface area contributed by atoms with Crippen LogP contribution in [0.15, 0.2) is 27.3 Å². The van der Waals surface area contributed by atoms with E-state index < -0.39 is 11.0 Å². The molecule has 1 atom stereocenters. The van der Waals surface area contributed by atoms with Gasteiger partial charge in [-0.3, -0.25) is 19.6 Å². The van der Waals surface area contributed by atoms with Gasteiger partial charge in [0.05, 0.1) is 21.3 Å². The van der Waals surface area contributed by atoms with Gasteiger partial charge < -0.3 is 5.32 Å². The van der Waals surface area contributed by atoms with E-state index in [0.29, 0.717) is 25.3 Å². The quantitative estimate of drug-likeness (QED) is 0.532. The number of nitro groups is 1. The standard InChI is InChI=1S/C13H11Br2ClN4O3/c1-6-11(16)5-19(18-6)7(2)13(21)17-12-9(14)3-8(20(22)23)4-10(12)15/h3-5,7H,1-2H3,(H,17,21). The average Bonchev–Trinajstić information content (AvgIpc) is 2.81. The molecule has 1 aromatic heterocycles. The Kier molecular flexibility index (Phi) is 5.43. The second-order valence-electron chi connectivity index (χ2n) is 4.75. The van der Waals surface area contributed by atoms with Gasteiger partial charge in [-0.2, -0.15) is 5.10 Å². The summed E-state index contributed by atoms with van der Waals surface area (Å²) in [4.78, 5) is 22.7. The van der Waals surface area contributed by atoms with Crippen molar-refractivity contribution in [3.8, 4) is 0 Å². The molecule has 1 N–H and O–H groups in total. The summed E-state index contributed by atoms with van der Waals surface area (Å²) >= 11 is 12.4. The van der Waals surface area contributed by atoms with Crippen molar-refractivity contribution in [1.29, 1.82) is 0 Å². The molecule has 2 aromatic rings. The fraction of sp³-hybridized carbons (Fsp3) is 0.231. The fourth-order valence-electron chi connectivity index (χ4n) is 1.79. The van der Waals surface area contributed by atoms with Crippen LogP contribution in [0.25, 0.3) is 0 Å². The van der Waals surface area contributed by atoms with Crippen LogP contribution in [-0.2, 0) is 4.79 Å². The van der Waals surface area contributed by atoms with E-state index in [0.717, 1.165) is 0 Å². The van der Waals surface area contributed by atoms with Gasteiger partial charge in [0.25, 0.3) is 5.69 Å². The van der Waals surface area contributed by atoms with Gasteiger partial charge in [0, 0.05) is 27.3 Å². The maximum Gasteiger partial charge on any atom is 0.271 e. The first kappa shape index (κ1) is 17.9. The van der Waals surface area contributed by atoms with Crippen molar-refractivity contribution in [2.45, 2.75) is 19.9 Å². The summed E-state index contributed by atoms with van der Waals surface area (Å²) < 4.78 is 2.25. The lowest BCUT2D eigenvalue weighted by Crippen LogP contribution is -2.24. The number of nitro benzene ring substituents is 1. The molecule has 0 aliphatic carbocycles. The number of rotatable bonds is 4. The lowest BCUT2D eigenvalue weighted by atomic mass is 10.2. The van der Waals surface area contributed by atoms with Gasteiger partial charge in [0.15, 0.2) is 0 Å². The molecule has 1 aromatic carbocycles. The molecule has 122 valence electrons. The maximum absolute atomic E-state index is 12.4. The third-order valence-corrected chi connectivity index (χ3v) is 4.74. The fourth-order valence-corrected chi connectivity index (χ4v) is 3.29. The van der Waals surface area contributed by atoms with Crippen LogP contribution in [0.2, 0.25) is 5.02 Å². The minimum atomic E-state index is -0.602. The number of aryl methyl sites for hydroxylation is 1. The van der Waals surface area contributed by atoms with E-state index in [2.05, 4.69) is 42.3 Å². The molecule has 0 saturated carbocycles. The van der Waals surface area contributed by atoms with Crippen LogP contribution >= 0.6 is 43.5 Å². The van der Waals surface area contributed by atoms with Crippen LogP contribution in [0.5, 0.6) is 0 Å². The minimum absolute atomic E-state index is 0.0933. The highest BCUT2D eigenvalue weighted by atomic mass is 79.9. The Morgan fingerprint density at radius 2 is 2.00 bits per heavy atom. The Morgan fingerprint density at radius 3 is 2.43 bits per heavy atom. The third kappa shape index (κ3) is 3.91. The predicted molar refractivity (Wildman–Crippen MR) is 93.8 cm³/mol. The molecule has 1 heterocycles. The monoisotopic (exact) mass is 464 g/mol. The zero-order chi connectivity index (χ0) is 17.3. The molecular formula is C13H11Br2ClN4O3. The van der Waals surface area contributed by atoms with Crippen LogP contribution in [0.1, 0.15) is 18.7 Å². The number of amides is 1. The third-order valence-electron chi connectivity index (χ3n) is 3.12. The maximum atomic E-state index is 12.4. The number of benzene rings is 1. The highest BCUT2D eigenvalue weighted by molar-refractivity contribution is 9.11. The molecule has 0 radical (unpaired) electrons. The van der Waals surface area contributed by atoms with Crippen molar-refractivity contribution in [3.63, 3.8) is 0 Å². The molecule has 0 saturated heterocycles. The Morgan fingerprint density at radius 1 is 1.43 bits per heavy atom. The normalized spacial score (nSPS) is 12.0. The van der Waals surface area contributed by atoms with Gasteiger partial charge >= 0.3 is 0 Å². The molecule has 0 bridgehead atoms. The molecule has 1 unspecified atom stereocenters. The van der Waals surface area contributed by atoms with E-state index in [1.165, 1.54) is 16.8 Å². The highest BCUT2D eigenvalue weighted by Gasteiger charge is 2.21. The molecule has 23 heavy (non-hydrogen) atoms. The largest absolute Gasteiger partial charge is 0.322 e. The van der Waals surface area contributed by atoms with Crippen LogP contribution in [0.3, 0.4) is 0 Å². The van der Waals surface area contributed by atoms with Gasteiger partial charge in [0.2, 0.25) is 5.91 Å². The van der Waals surface area contributed by atoms with E-state index in [1.807, 2.05) is 0 Å². The van der Waals surface area contributed by atoms with Gasteiger partial charge in [0.1, 0.15) is 6.04 Å². The van der Waals surface area contributed by atoms with E-state index in [-0.39, 0.29) is 11.6 Å². The van der Waals surface area contributed by atoms with E-state index in [1.54, 1.807) is 20.0 Å². The molecule has 0 aliphatic heterocycles. The van der Waals surface area contributed by atoms with Crippen LogP contribution in [0, 0.1) is 17.0 Å². The number of aromatic nitrogens is 2. The first-order valence-electron chi connectivity index (χ1n) is 6.36. The molecule has 1 amide bonds. The summed E-state index contributed by atoms with van der Waals surface area (Å²) in [7, 11) is 0. The Hall–Kier alpha value is -1.45. The van der Waals surface area contributed by atoms with Crippen molar-refractivity contribution in [1.82, 2.24) is 9.78 Å². The predicted octanol–water partition coefficient (Wildman–Crippen LogP) is 4.48.